The number of hydrogen-bond acceptors (Lipinski definition) is 3. The summed E-state index contributed by atoms with van der Waals surface area (Å²) in [6.07, 6.45) is 0.536. The second-order valence-corrected chi connectivity index (χ2v) is 5.41. The summed E-state index contributed by atoms with van der Waals surface area (Å²) in [5.41, 5.74) is 6.44. The van der Waals surface area contributed by atoms with Gasteiger partial charge in [-0.15, -0.1) is 0 Å². The Labute approximate surface area is 110 Å². The van der Waals surface area contributed by atoms with Gasteiger partial charge in [-0.2, -0.15) is 0 Å². The Bertz CT molecular complexity index is 404. The lowest BCUT2D eigenvalue weighted by Crippen LogP contribution is -2.25. The molecule has 0 saturated carbocycles. The zero-order valence-electron chi connectivity index (χ0n) is 8.49. The summed E-state index contributed by atoms with van der Waals surface area (Å²) in [4.78, 5) is 17.7. The summed E-state index contributed by atoms with van der Waals surface area (Å²) in [5, 5.41) is 0. The van der Waals surface area contributed by atoms with Crippen molar-refractivity contribution in [3.8, 4) is 0 Å². The fraction of sp³-hybridized carbons (Fsp3) is 0.400. The van der Waals surface area contributed by atoms with Gasteiger partial charge in [-0.3, -0.25) is 4.79 Å². The SMILES string of the molecule is NCC1CC(=O)N(c2cc(Br)nc(Br)c2)C1. The molecule has 4 nitrogen and oxygen atoms in total. The average Bonchev–Trinajstić information content (AvgIpc) is 2.58. The van der Waals surface area contributed by atoms with Gasteiger partial charge in [0.1, 0.15) is 9.21 Å². The minimum absolute atomic E-state index is 0.125. The summed E-state index contributed by atoms with van der Waals surface area (Å²) in [7, 11) is 0. The highest BCUT2D eigenvalue weighted by molar-refractivity contribution is 9.11. The van der Waals surface area contributed by atoms with Crippen LogP contribution in [0.15, 0.2) is 21.3 Å². The maximum atomic E-state index is 11.8. The van der Waals surface area contributed by atoms with Gasteiger partial charge in [-0.25, -0.2) is 4.98 Å². The summed E-state index contributed by atoms with van der Waals surface area (Å²) in [6, 6.07) is 3.67. The van der Waals surface area contributed by atoms with Crippen molar-refractivity contribution in [2.45, 2.75) is 6.42 Å². The minimum Gasteiger partial charge on any atom is -0.330 e. The minimum atomic E-state index is 0.125. The molecule has 1 saturated heterocycles. The first kappa shape index (κ1) is 12.0. The summed E-state index contributed by atoms with van der Waals surface area (Å²) in [5.74, 6) is 0.388. The van der Waals surface area contributed by atoms with Crippen molar-refractivity contribution in [3.05, 3.63) is 21.3 Å². The van der Waals surface area contributed by atoms with Crippen LogP contribution in [-0.2, 0) is 4.79 Å². The lowest BCUT2D eigenvalue weighted by molar-refractivity contribution is -0.117. The van der Waals surface area contributed by atoms with E-state index in [1.807, 2.05) is 12.1 Å². The van der Waals surface area contributed by atoms with Gasteiger partial charge in [-0.1, -0.05) is 0 Å². The number of pyridine rings is 1. The van der Waals surface area contributed by atoms with Crippen molar-refractivity contribution < 1.29 is 4.79 Å². The van der Waals surface area contributed by atoms with E-state index in [0.717, 1.165) is 5.69 Å². The summed E-state index contributed by atoms with van der Waals surface area (Å²) < 4.78 is 1.42. The highest BCUT2D eigenvalue weighted by atomic mass is 79.9. The first-order valence-corrected chi connectivity index (χ1v) is 6.52. The van der Waals surface area contributed by atoms with Gasteiger partial charge in [0.2, 0.25) is 5.91 Å². The first-order valence-electron chi connectivity index (χ1n) is 4.93. The lowest BCUT2D eigenvalue weighted by Gasteiger charge is -2.16. The lowest BCUT2D eigenvalue weighted by atomic mass is 10.1. The summed E-state index contributed by atoms with van der Waals surface area (Å²) in [6.45, 7) is 1.24. The van der Waals surface area contributed by atoms with Gasteiger partial charge in [0.25, 0.3) is 0 Å². The van der Waals surface area contributed by atoms with Crippen molar-refractivity contribution in [3.63, 3.8) is 0 Å². The molecule has 0 bridgehead atoms. The number of hydrogen-bond donors (Lipinski definition) is 1. The fourth-order valence-corrected chi connectivity index (χ4v) is 2.89. The third kappa shape index (κ3) is 2.44. The van der Waals surface area contributed by atoms with Crippen LogP contribution in [0, 0.1) is 5.92 Å². The van der Waals surface area contributed by atoms with E-state index in [2.05, 4.69) is 36.8 Å². The third-order valence-electron chi connectivity index (χ3n) is 2.60. The maximum absolute atomic E-state index is 11.8. The average molecular weight is 349 g/mol. The van der Waals surface area contributed by atoms with Crippen molar-refractivity contribution >= 4 is 43.5 Å². The molecule has 1 aromatic rings. The molecule has 0 aromatic carbocycles. The molecule has 1 unspecified atom stereocenters. The Kier molecular flexibility index (Phi) is 3.61. The molecule has 1 aliphatic rings. The highest BCUT2D eigenvalue weighted by Gasteiger charge is 2.29. The van der Waals surface area contributed by atoms with Gasteiger partial charge >= 0.3 is 0 Å². The Balaban J connectivity index is 2.27. The molecule has 0 aliphatic carbocycles. The quantitative estimate of drug-likeness (QED) is 0.830. The van der Waals surface area contributed by atoms with Crippen LogP contribution in [0.1, 0.15) is 6.42 Å². The molecule has 1 amide bonds. The zero-order valence-corrected chi connectivity index (χ0v) is 11.7. The molecule has 16 heavy (non-hydrogen) atoms. The molecule has 1 aromatic heterocycles. The van der Waals surface area contributed by atoms with Crippen molar-refractivity contribution in [2.24, 2.45) is 11.7 Å². The van der Waals surface area contributed by atoms with Gasteiger partial charge in [0, 0.05) is 18.7 Å². The number of carbonyl (C=O) groups excluding carboxylic acids is 1. The zero-order chi connectivity index (χ0) is 11.7. The van der Waals surface area contributed by atoms with Crippen LogP contribution in [0.2, 0.25) is 0 Å². The number of nitrogens with zero attached hydrogens (tertiary/aromatic N) is 2. The standard InChI is InChI=1S/C10H11Br2N3O/c11-8-2-7(3-9(12)14-8)15-5-6(4-13)1-10(15)16/h2-3,6H,1,4-5,13H2. The van der Waals surface area contributed by atoms with Crippen LogP contribution in [0.3, 0.4) is 0 Å². The molecule has 1 fully saturated rings. The maximum Gasteiger partial charge on any atom is 0.227 e. The van der Waals surface area contributed by atoms with Crippen molar-refractivity contribution in [2.75, 3.05) is 18.0 Å². The number of carbonyl (C=O) groups is 1. The molecule has 86 valence electrons. The van der Waals surface area contributed by atoms with E-state index in [-0.39, 0.29) is 11.8 Å². The number of halogens is 2. The van der Waals surface area contributed by atoms with Crippen LogP contribution in [0.5, 0.6) is 0 Å². The van der Waals surface area contributed by atoms with E-state index in [0.29, 0.717) is 28.7 Å². The van der Waals surface area contributed by atoms with E-state index in [4.69, 9.17) is 5.73 Å². The van der Waals surface area contributed by atoms with E-state index in [9.17, 15) is 4.79 Å². The molecule has 1 atom stereocenters. The number of anilines is 1. The molecule has 0 radical (unpaired) electrons. The van der Waals surface area contributed by atoms with Crippen LogP contribution in [-0.4, -0.2) is 24.0 Å². The molecule has 2 rings (SSSR count). The normalized spacial score (nSPS) is 20.6. The predicted molar refractivity (Wildman–Crippen MR) is 69.2 cm³/mol. The molecule has 0 spiro atoms. The van der Waals surface area contributed by atoms with Gasteiger partial charge in [-0.05, 0) is 56.5 Å². The Morgan fingerprint density at radius 1 is 1.44 bits per heavy atom. The number of aromatic nitrogens is 1. The van der Waals surface area contributed by atoms with Crippen LogP contribution in [0.4, 0.5) is 5.69 Å². The number of rotatable bonds is 2. The number of amides is 1. The monoisotopic (exact) mass is 347 g/mol. The van der Waals surface area contributed by atoms with Crippen molar-refractivity contribution in [1.29, 1.82) is 0 Å². The van der Waals surface area contributed by atoms with Crippen LogP contribution in [0.25, 0.3) is 0 Å². The fourth-order valence-electron chi connectivity index (χ4n) is 1.80. The van der Waals surface area contributed by atoms with E-state index >= 15 is 0 Å². The van der Waals surface area contributed by atoms with E-state index in [1.54, 1.807) is 4.90 Å². The first-order chi connectivity index (χ1) is 7.60. The second kappa shape index (κ2) is 4.81. The van der Waals surface area contributed by atoms with Gasteiger partial charge in [0.05, 0.1) is 0 Å². The summed E-state index contributed by atoms with van der Waals surface area (Å²) >= 11 is 6.62. The highest BCUT2D eigenvalue weighted by Crippen LogP contribution is 2.28. The Hall–Kier alpha value is -0.460. The molecule has 1 aliphatic heterocycles. The third-order valence-corrected chi connectivity index (χ3v) is 3.41. The topological polar surface area (TPSA) is 59.2 Å². The van der Waals surface area contributed by atoms with Gasteiger partial charge in [0.15, 0.2) is 0 Å². The van der Waals surface area contributed by atoms with E-state index in [1.165, 1.54) is 0 Å². The second-order valence-electron chi connectivity index (χ2n) is 3.78. The van der Waals surface area contributed by atoms with Crippen LogP contribution < -0.4 is 10.6 Å². The van der Waals surface area contributed by atoms with Crippen molar-refractivity contribution in [1.82, 2.24) is 4.98 Å². The Morgan fingerprint density at radius 3 is 2.56 bits per heavy atom. The molecular weight excluding hydrogens is 338 g/mol. The Morgan fingerprint density at radius 2 is 2.06 bits per heavy atom. The molecule has 6 heteroatoms. The van der Waals surface area contributed by atoms with Crippen LogP contribution >= 0.6 is 31.9 Å². The van der Waals surface area contributed by atoms with E-state index < -0.39 is 0 Å². The molecular formula is C10H11Br2N3O. The smallest absolute Gasteiger partial charge is 0.227 e. The predicted octanol–water partition coefficient (Wildman–Crippen LogP) is 1.92. The molecule has 2 heterocycles. The van der Waals surface area contributed by atoms with Gasteiger partial charge < -0.3 is 10.6 Å². The largest absolute Gasteiger partial charge is 0.330 e. The number of nitrogens with two attached hydrogens (primary N) is 1. The molecule has 2 N–H and O–H groups in total.